The molecule has 3 N–H and O–H groups in total. The first-order valence-corrected chi connectivity index (χ1v) is 7.77. The Hall–Kier alpha value is -0.460. The molecule has 6 heteroatoms. The van der Waals surface area contributed by atoms with Gasteiger partial charge in [-0.3, -0.25) is 5.84 Å². The minimum absolute atomic E-state index is 0.0524. The summed E-state index contributed by atoms with van der Waals surface area (Å²) in [7, 11) is 0. The summed E-state index contributed by atoms with van der Waals surface area (Å²) in [6.45, 7) is 1.96. The van der Waals surface area contributed by atoms with Crippen LogP contribution in [0.5, 0.6) is 0 Å². The van der Waals surface area contributed by atoms with Crippen LogP contribution >= 0.6 is 43.5 Å². The van der Waals surface area contributed by atoms with Gasteiger partial charge in [0.05, 0.1) is 11.1 Å². The van der Waals surface area contributed by atoms with Gasteiger partial charge in [0, 0.05) is 14.5 Å². The lowest BCUT2D eigenvalue weighted by Crippen LogP contribution is -2.29. The zero-order valence-electron chi connectivity index (χ0n) is 10.6. The van der Waals surface area contributed by atoms with Crippen molar-refractivity contribution in [2.24, 2.45) is 5.84 Å². The van der Waals surface area contributed by atoms with Gasteiger partial charge in [-0.2, -0.15) is 0 Å². The summed E-state index contributed by atoms with van der Waals surface area (Å²) in [5.74, 6) is 5.12. The van der Waals surface area contributed by atoms with Gasteiger partial charge in [-0.1, -0.05) is 45.7 Å². The molecule has 0 aliphatic heterocycles. The molecule has 0 aliphatic carbocycles. The SMILES string of the molecule is Cc1cc(C(NN)c2ccc(Br)c(Cl)c2F)ccc1Br. The molecule has 0 saturated heterocycles. The molecule has 0 fully saturated rings. The van der Waals surface area contributed by atoms with E-state index in [9.17, 15) is 4.39 Å². The minimum atomic E-state index is -0.482. The minimum Gasteiger partial charge on any atom is -0.271 e. The molecule has 0 saturated carbocycles. The predicted octanol–water partition coefficient (Wildman–Crippen LogP) is 4.87. The zero-order valence-corrected chi connectivity index (χ0v) is 14.5. The van der Waals surface area contributed by atoms with Crippen molar-refractivity contribution in [3.63, 3.8) is 0 Å². The first kappa shape index (κ1) is 15.9. The van der Waals surface area contributed by atoms with E-state index in [2.05, 4.69) is 37.3 Å². The largest absolute Gasteiger partial charge is 0.271 e. The number of nitrogens with two attached hydrogens (primary N) is 1. The van der Waals surface area contributed by atoms with Crippen molar-refractivity contribution in [3.8, 4) is 0 Å². The van der Waals surface area contributed by atoms with E-state index in [1.165, 1.54) is 0 Å². The van der Waals surface area contributed by atoms with Crippen LogP contribution in [-0.2, 0) is 0 Å². The third kappa shape index (κ3) is 3.07. The predicted molar refractivity (Wildman–Crippen MR) is 87.2 cm³/mol. The van der Waals surface area contributed by atoms with Gasteiger partial charge in [0.1, 0.15) is 5.82 Å². The van der Waals surface area contributed by atoms with Gasteiger partial charge in [-0.15, -0.1) is 0 Å². The molecule has 2 nitrogen and oxygen atoms in total. The average Bonchev–Trinajstić information content (AvgIpc) is 2.43. The Morgan fingerprint density at radius 3 is 2.45 bits per heavy atom. The molecular weight excluding hydrogens is 410 g/mol. The van der Waals surface area contributed by atoms with Gasteiger partial charge in [0.15, 0.2) is 0 Å². The van der Waals surface area contributed by atoms with Crippen molar-refractivity contribution >= 4 is 43.5 Å². The van der Waals surface area contributed by atoms with E-state index in [1.807, 2.05) is 25.1 Å². The van der Waals surface area contributed by atoms with Crippen molar-refractivity contribution in [1.82, 2.24) is 5.43 Å². The molecule has 0 bridgehead atoms. The fraction of sp³-hybridized carbons (Fsp3) is 0.143. The summed E-state index contributed by atoms with van der Waals surface area (Å²) in [4.78, 5) is 0. The van der Waals surface area contributed by atoms with Crippen molar-refractivity contribution in [3.05, 3.63) is 66.8 Å². The summed E-state index contributed by atoms with van der Waals surface area (Å²) in [6.07, 6.45) is 0. The lowest BCUT2D eigenvalue weighted by Gasteiger charge is -2.19. The zero-order chi connectivity index (χ0) is 14.9. The van der Waals surface area contributed by atoms with Crippen molar-refractivity contribution in [2.45, 2.75) is 13.0 Å². The molecule has 0 aliphatic rings. The number of nitrogens with one attached hydrogen (secondary N) is 1. The number of benzene rings is 2. The monoisotopic (exact) mass is 420 g/mol. The Balaban J connectivity index is 2.52. The number of hydrazine groups is 1. The van der Waals surface area contributed by atoms with E-state index in [4.69, 9.17) is 17.4 Å². The van der Waals surface area contributed by atoms with Crippen LogP contribution in [-0.4, -0.2) is 0 Å². The fourth-order valence-electron chi connectivity index (χ4n) is 1.98. The maximum absolute atomic E-state index is 14.3. The van der Waals surface area contributed by atoms with Gasteiger partial charge < -0.3 is 0 Å². The molecule has 2 rings (SSSR count). The average molecular weight is 423 g/mol. The highest BCUT2D eigenvalue weighted by Gasteiger charge is 2.20. The lowest BCUT2D eigenvalue weighted by molar-refractivity contribution is 0.559. The second kappa shape index (κ2) is 6.54. The molecule has 0 radical (unpaired) electrons. The second-order valence-corrected chi connectivity index (χ2v) is 6.46. The Kier molecular flexibility index (Phi) is 5.20. The number of hydrogen-bond donors (Lipinski definition) is 2. The van der Waals surface area contributed by atoms with Crippen LogP contribution in [0.15, 0.2) is 39.3 Å². The third-order valence-electron chi connectivity index (χ3n) is 3.06. The van der Waals surface area contributed by atoms with Crippen molar-refractivity contribution < 1.29 is 4.39 Å². The van der Waals surface area contributed by atoms with E-state index in [-0.39, 0.29) is 5.02 Å². The first-order chi connectivity index (χ1) is 9.45. The molecule has 0 heterocycles. The van der Waals surface area contributed by atoms with Crippen LogP contribution in [0.2, 0.25) is 5.02 Å². The van der Waals surface area contributed by atoms with Crippen molar-refractivity contribution in [1.29, 1.82) is 0 Å². The number of rotatable bonds is 3. The maximum Gasteiger partial charge on any atom is 0.148 e. The second-order valence-electron chi connectivity index (χ2n) is 4.37. The van der Waals surface area contributed by atoms with E-state index in [0.29, 0.717) is 10.0 Å². The summed E-state index contributed by atoms with van der Waals surface area (Å²) < 4.78 is 15.8. The summed E-state index contributed by atoms with van der Waals surface area (Å²) in [5.41, 5.74) is 4.96. The summed E-state index contributed by atoms with van der Waals surface area (Å²) in [6, 6.07) is 8.64. The Bertz CT molecular complexity index is 649. The van der Waals surface area contributed by atoms with Gasteiger partial charge >= 0.3 is 0 Å². The molecule has 2 aromatic rings. The van der Waals surface area contributed by atoms with Gasteiger partial charge in [-0.25, -0.2) is 9.82 Å². The molecule has 106 valence electrons. The van der Waals surface area contributed by atoms with E-state index >= 15 is 0 Å². The molecule has 0 spiro atoms. The van der Waals surface area contributed by atoms with E-state index in [1.54, 1.807) is 12.1 Å². The van der Waals surface area contributed by atoms with Crippen LogP contribution in [0.3, 0.4) is 0 Å². The standard InChI is InChI=1S/C14H12Br2ClFN2/c1-7-6-8(2-4-10(7)15)14(20-19)9-3-5-11(16)12(17)13(9)18/h2-6,14,20H,19H2,1H3. The summed E-state index contributed by atoms with van der Waals surface area (Å²) in [5, 5.41) is 0.0524. The highest BCUT2D eigenvalue weighted by Crippen LogP contribution is 2.33. The fourth-order valence-corrected chi connectivity index (χ4v) is 2.70. The highest BCUT2D eigenvalue weighted by molar-refractivity contribution is 9.10. The molecule has 20 heavy (non-hydrogen) atoms. The van der Waals surface area contributed by atoms with Crippen LogP contribution in [0.1, 0.15) is 22.7 Å². The van der Waals surface area contributed by atoms with Gasteiger partial charge in [0.25, 0.3) is 0 Å². The number of halogens is 4. The normalized spacial score (nSPS) is 12.5. The van der Waals surface area contributed by atoms with E-state index in [0.717, 1.165) is 15.6 Å². The summed E-state index contributed by atoms with van der Waals surface area (Å²) >= 11 is 12.6. The molecule has 2 aromatic carbocycles. The smallest absolute Gasteiger partial charge is 0.148 e. The first-order valence-electron chi connectivity index (χ1n) is 5.81. The van der Waals surface area contributed by atoms with Crippen LogP contribution in [0, 0.1) is 12.7 Å². The topological polar surface area (TPSA) is 38.0 Å². The van der Waals surface area contributed by atoms with Gasteiger partial charge in [-0.05, 0) is 46.1 Å². The van der Waals surface area contributed by atoms with Gasteiger partial charge in [0.2, 0.25) is 0 Å². The highest BCUT2D eigenvalue weighted by atomic mass is 79.9. The third-order valence-corrected chi connectivity index (χ3v) is 5.21. The molecule has 0 amide bonds. The number of hydrogen-bond acceptors (Lipinski definition) is 2. The van der Waals surface area contributed by atoms with E-state index < -0.39 is 11.9 Å². The van der Waals surface area contributed by atoms with Crippen LogP contribution < -0.4 is 11.3 Å². The van der Waals surface area contributed by atoms with Crippen LogP contribution in [0.4, 0.5) is 4.39 Å². The lowest BCUT2D eigenvalue weighted by atomic mass is 9.97. The molecule has 0 aromatic heterocycles. The van der Waals surface area contributed by atoms with Crippen LogP contribution in [0.25, 0.3) is 0 Å². The molecule has 1 atom stereocenters. The van der Waals surface area contributed by atoms with Crippen molar-refractivity contribution in [2.75, 3.05) is 0 Å². The maximum atomic E-state index is 14.3. The molecular formula is C14H12Br2ClFN2. The Morgan fingerprint density at radius 1 is 1.20 bits per heavy atom. The quantitative estimate of drug-likeness (QED) is 0.421. The number of aryl methyl sites for hydroxylation is 1. The molecule has 1 unspecified atom stereocenters. The Labute approximate surface area is 138 Å². The Morgan fingerprint density at radius 2 is 1.85 bits per heavy atom.